The zero-order valence-electron chi connectivity index (χ0n) is 13.0. The van der Waals surface area contributed by atoms with Crippen molar-refractivity contribution in [2.45, 2.75) is 6.92 Å². The Hall–Kier alpha value is -3.07. The van der Waals surface area contributed by atoms with Crippen molar-refractivity contribution in [3.63, 3.8) is 0 Å². The van der Waals surface area contributed by atoms with E-state index in [1.165, 1.54) is 5.56 Å². The molecule has 114 valence electrons. The number of hydrogen-bond donors (Lipinski definition) is 2. The SMILES string of the molecule is C=C(NNC(=O)c1cccc2ccccc12)c1ccc(C)cc1. The fourth-order valence-corrected chi connectivity index (χ4v) is 2.45. The van der Waals surface area contributed by atoms with Gasteiger partial charge in [0.25, 0.3) is 5.91 Å². The van der Waals surface area contributed by atoms with E-state index >= 15 is 0 Å². The van der Waals surface area contributed by atoms with Gasteiger partial charge in [0.2, 0.25) is 0 Å². The Morgan fingerprint density at radius 1 is 0.870 bits per heavy atom. The van der Waals surface area contributed by atoms with Crippen LogP contribution < -0.4 is 10.9 Å². The first-order valence-corrected chi connectivity index (χ1v) is 7.45. The van der Waals surface area contributed by atoms with Crippen molar-refractivity contribution in [1.29, 1.82) is 0 Å². The maximum Gasteiger partial charge on any atom is 0.270 e. The van der Waals surface area contributed by atoms with Gasteiger partial charge >= 0.3 is 0 Å². The van der Waals surface area contributed by atoms with Gasteiger partial charge in [-0.25, -0.2) is 0 Å². The number of rotatable bonds is 4. The second kappa shape index (κ2) is 6.36. The molecule has 0 radical (unpaired) electrons. The third-order valence-electron chi connectivity index (χ3n) is 3.76. The molecule has 3 nitrogen and oxygen atoms in total. The molecule has 0 aliphatic heterocycles. The van der Waals surface area contributed by atoms with Crippen LogP contribution in [-0.4, -0.2) is 5.91 Å². The van der Waals surface area contributed by atoms with E-state index < -0.39 is 0 Å². The Labute approximate surface area is 135 Å². The summed E-state index contributed by atoms with van der Waals surface area (Å²) in [4.78, 5) is 12.4. The predicted molar refractivity (Wildman–Crippen MR) is 94.8 cm³/mol. The normalized spacial score (nSPS) is 10.3. The zero-order valence-corrected chi connectivity index (χ0v) is 13.0. The molecule has 0 saturated carbocycles. The molecule has 0 heterocycles. The molecule has 3 aromatic carbocycles. The topological polar surface area (TPSA) is 41.1 Å². The van der Waals surface area contributed by atoms with Crippen molar-refractivity contribution < 1.29 is 4.79 Å². The molecule has 2 N–H and O–H groups in total. The summed E-state index contributed by atoms with van der Waals surface area (Å²) in [5.74, 6) is -0.185. The Balaban J connectivity index is 1.74. The summed E-state index contributed by atoms with van der Waals surface area (Å²) in [6, 6.07) is 21.5. The van der Waals surface area contributed by atoms with Crippen LogP contribution in [0.4, 0.5) is 0 Å². The summed E-state index contributed by atoms with van der Waals surface area (Å²) < 4.78 is 0. The number of carbonyl (C=O) groups excluding carboxylic acids is 1. The van der Waals surface area contributed by atoms with Crippen LogP contribution in [0.2, 0.25) is 0 Å². The second-order valence-electron chi connectivity index (χ2n) is 5.45. The van der Waals surface area contributed by atoms with E-state index in [1.54, 1.807) is 0 Å². The second-order valence-corrected chi connectivity index (χ2v) is 5.45. The van der Waals surface area contributed by atoms with Crippen LogP contribution >= 0.6 is 0 Å². The first-order chi connectivity index (χ1) is 11.1. The number of nitrogens with one attached hydrogen (secondary N) is 2. The molecule has 0 atom stereocenters. The number of hydrazine groups is 1. The maximum atomic E-state index is 12.4. The van der Waals surface area contributed by atoms with Gasteiger partial charge in [-0.05, 0) is 29.3 Å². The van der Waals surface area contributed by atoms with Crippen molar-refractivity contribution >= 4 is 22.4 Å². The number of carbonyl (C=O) groups is 1. The summed E-state index contributed by atoms with van der Waals surface area (Å²) in [6.07, 6.45) is 0. The highest BCUT2D eigenvalue weighted by Crippen LogP contribution is 2.18. The Bertz CT molecular complexity index is 861. The molecule has 3 aromatic rings. The number of fused-ring (bicyclic) bond motifs is 1. The first-order valence-electron chi connectivity index (χ1n) is 7.45. The minimum Gasteiger partial charge on any atom is -0.298 e. The van der Waals surface area contributed by atoms with Crippen molar-refractivity contribution in [2.24, 2.45) is 0 Å². The molecule has 0 fully saturated rings. The van der Waals surface area contributed by atoms with Gasteiger partial charge in [-0.2, -0.15) is 0 Å². The monoisotopic (exact) mass is 302 g/mol. The maximum absolute atomic E-state index is 12.4. The summed E-state index contributed by atoms with van der Waals surface area (Å²) in [6.45, 7) is 5.99. The van der Waals surface area contributed by atoms with Crippen LogP contribution in [0.15, 0.2) is 73.3 Å². The van der Waals surface area contributed by atoms with E-state index in [2.05, 4.69) is 17.4 Å². The van der Waals surface area contributed by atoms with E-state index in [9.17, 15) is 4.79 Å². The van der Waals surface area contributed by atoms with Crippen LogP contribution in [0.5, 0.6) is 0 Å². The summed E-state index contributed by atoms with van der Waals surface area (Å²) in [7, 11) is 0. The molecular formula is C20H18N2O. The number of aryl methyl sites for hydroxylation is 1. The molecule has 3 heteroatoms. The molecule has 0 aliphatic rings. The molecule has 0 unspecified atom stereocenters. The average Bonchev–Trinajstić information content (AvgIpc) is 2.59. The molecule has 0 saturated heterocycles. The third-order valence-corrected chi connectivity index (χ3v) is 3.76. The molecule has 0 spiro atoms. The lowest BCUT2D eigenvalue weighted by Crippen LogP contribution is -2.35. The molecule has 1 amide bonds. The van der Waals surface area contributed by atoms with Crippen molar-refractivity contribution in [2.75, 3.05) is 0 Å². The molecule has 0 aromatic heterocycles. The van der Waals surface area contributed by atoms with Gasteiger partial charge in [0.1, 0.15) is 0 Å². The Morgan fingerprint density at radius 3 is 2.35 bits per heavy atom. The van der Waals surface area contributed by atoms with Gasteiger partial charge in [0.05, 0.1) is 5.70 Å². The lowest BCUT2D eigenvalue weighted by atomic mass is 10.0. The molecule has 0 bridgehead atoms. The van der Waals surface area contributed by atoms with E-state index in [0.29, 0.717) is 11.3 Å². The minimum atomic E-state index is -0.185. The van der Waals surface area contributed by atoms with E-state index in [1.807, 2.05) is 73.7 Å². The summed E-state index contributed by atoms with van der Waals surface area (Å²) >= 11 is 0. The number of hydrogen-bond acceptors (Lipinski definition) is 2. The third kappa shape index (κ3) is 3.24. The molecule has 3 rings (SSSR count). The van der Waals surface area contributed by atoms with Crippen LogP contribution in [0, 0.1) is 6.92 Å². The molecule has 0 aliphatic carbocycles. The summed E-state index contributed by atoms with van der Waals surface area (Å²) in [5.41, 5.74) is 9.01. The van der Waals surface area contributed by atoms with E-state index in [4.69, 9.17) is 0 Å². The van der Waals surface area contributed by atoms with Gasteiger partial charge in [-0.15, -0.1) is 0 Å². The smallest absolute Gasteiger partial charge is 0.270 e. The zero-order chi connectivity index (χ0) is 16.2. The average molecular weight is 302 g/mol. The minimum absolute atomic E-state index is 0.185. The predicted octanol–water partition coefficient (Wildman–Crippen LogP) is 4.05. The van der Waals surface area contributed by atoms with Crippen molar-refractivity contribution in [1.82, 2.24) is 10.9 Å². The number of benzene rings is 3. The Kier molecular flexibility index (Phi) is 4.11. The van der Waals surface area contributed by atoms with Crippen molar-refractivity contribution in [3.8, 4) is 0 Å². The summed E-state index contributed by atoms with van der Waals surface area (Å²) in [5, 5.41) is 1.97. The van der Waals surface area contributed by atoms with Crippen LogP contribution in [-0.2, 0) is 0 Å². The van der Waals surface area contributed by atoms with Gasteiger partial charge in [0, 0.05) is 5.56 Å². The van der Waals surface area contributed by atoms with E-state index in [0.717, 1.165) is 16.3 Å². The van der Waals surface area contributed by atoms with Gasteiger partial charge < -0.3 is 0 Å². The molecular weight excluding hydrogens is 284 g/mol. The van der Waals surface area contributed by atoms with Crippen LogP contribution in [0.3, 0.4) is 0 Å². The van der Waals surface area contributed by atoms with Crippen LogP contribution in [0.1, 0.15) is 21.5 Å². The largest absolute Gasteiger partial charge is 0.298 e. The highest BCUT2D eigenvalue weighted by Gasteiger charge is 2.09. The van der Waals surface area contributed by atoms with Gasteiger partial charge in [-0.1, -0.05) is 72.8 Å². The quantitative estimate of drug-likeness (QED) is 0.714. The molecule has 23 heavy (non-hydrogen) atoms. The van der Waals surface area contributed by atoms with Gasteiger partial charge in [0.15, 0.2) is 0 Å². The first kappa shape index (κ1) is 14.9. The van der Waals surface area contributed by atoms with Gasteiger partial charge in [-0.3, -0.25) is 15.6 Å². The lowest BCUT2D eigenvalue weighted by Gasteiger charge is -2.12. The van der Waals surface area contributed by atoms with E-state index in [-0.39, 0.29) is 5.91 Å². The standard InChI is InChI=1S/C20H18N2O/c1-14-10-12-16(13-11-14)15(2)21-22-20(23)19-9-5-7-17-6-3-4-8-18(17)19/h3-13,21H,2H2,1H3,(H,22,23). The lowest BCUT2D eigenvalue weighted by molar-refractivity contribution is 0.0944. The van der Waals surface area contributed by atoms with Crippen LogP contribution in [0.25, 0.3) is 16.5 Å². The fraction of sp³-hybridized carbons (Fsp3) is 0.0500. The highest BCUT2D eigenvalue weighted by atomic mass is 16.2. The fourth-order valence-electron chi connectivity index (χ4n) is 2.45. The Morgan fingerprint density at radius 2 is 1.57 bits per heavy atom. The van der Waals surface area contributed by atoms with Crippen molar-refractivity contribution in [3.05, 3.63) is 90.0 Å². The number of amides is 1. The highest BCUT2D eigenvalue weighted by molar-refractivity contribution is 6.07.